The van der Waals surface area contributed by atoms with Crippen molar-refractivity contribution < 1.29 is 0 Å². The first-order chi connectivity index (χ1) is 5.33. The lowest BCUT2D eigenvalue weighted by Crippen LogP contribution is -2.20. The largest absolute Gasteiger partial charge is 0.324 e. The highest BCUT2D eigenvalue weighted by molar-refractivity contribution is 5.11. The van der Waals surface area contributed by atoms with Crippen LogP contribution in [0.4, 0.5) is 0 Å². The Bertz CT molecular complexity index is 186. The predicted molar refractivity (Wildman–Crippen MR) is 48.0 cm³/mol. The van der Waals surface area contributed by atoms with Crippen LogP contribution in [0.1, 0.15) is 32.1 Å². The smallest absolute Gasteiger partial charge is 0.0226 e. The second-order valence-corrected chi connectivity index (χ2v) is 3.09. The van der Waals surface area contributed by atoms with Gasteiger partial charge in [0.1, 0.15) is 0 Å². The number of nitrogens with two attached hydrogens (primary N) is 1. The van der Waals surface area contributed by atoms with Gasteiger partial charge >= 0.3 is 0 Å². The quantitative estimate of drug-likeness (QED) is 0.470. The lowest BCUT2D eigenvalue weighted by atomic mass is 9.93. The van der Waals surface area contributed by atoms with E-state index in [1.807, 2.05) is 0 Å². The van der Waals surface area contributed by atoms with Crippen LogP contribution in [-0.2, 0) is 0 Å². The maximum absolute atomic E-state index is 5.77. The molecule has 1 aliphatic carbocycles. The molecule has 0 aliphatic heterocycles. The molecule has 1 aliphatic rings. The number of rotatable bonds is 2. The summed E-state index contributed by atoms with van der Waals surface area (Å²) >= 11 is 0. The summed E-state index contributed by atoms with van der Waals surface area (Å²) in [5.41, 5.74) is 7.23. The van der Waals surface area contributed by atoms with Gasteiger partial charge in [-0.2, -0.15) is 0 Å². The zero-order valence-electron chi connectivity index (χ0n) is 6.84. The Labute approximate surface area is 68.7 Å². The van der Waals surface area contributed by atoms with Crippen molar-refractivity contribution in [2.24, 2.45) is 5.73 Å². The molecule has 0 bridgehead atoms. The Morgan fingerprint density at radius 2 is 2.55 bits per heavy atom. The summed E-state index contributed by atoms with van der Waals surface area (Å²) in [6.07, 6.45) is 12.8. The third kappa shape index (κ3) is 2.78. The molecule has 0 aromatic rings. The standard InChI is InChI=1S/C10H15N/c1-2-3-5-9-6-4-7-10(11)8-9/h1,8,10H,3-7,11H2. The van der Waals surface area contributed by atoms with Gasteiger partial charge in [-0.05, 0) is 25.7 Å². The molecule has 0 saturated carbocycles. The molecule has 0 amide bonds. The fourth-order valence-corrected chi connectivity index (χ4v) is 1.48. The number of terminal acetylenes is 1. The molecule has 60 valence electrons. The fraction of sp³-hybridized carbons (Fsp3) is 0.600. The van der Waals surface area contributed by atoms with Crippen molar-refractivity contribution in [2.45, 2.75) is 38.1 Å². The first kappa shape index (κ1) is 8.36. The van der Waals surface area contributed by atoms with E-state index in [1.165, 1.54) is 18.4 Å². The van der Waals surface area contributed by atoms with Crippen molar-refractivity contribution in [1.82, 2.24) is 0 Å². The molecule has 1 unspecified atom stereocenters. The van der Waals surface area contributed by atoms with Crippen LogP contribution in [0.25, 0.3) is 0 Å². The summed E-state index contributed by atoms with van der Waals surface area (Å²) in [5, 5.41) is 0. The second kappa shape index (κ2) is 4.20. The normalized spacial score (nSPS) is 24.0. The number of allylic oxidation sites excluding steroid dienone is 1. The Balaban J connectivity index is 2.38. The monoisotopic (exact) mass is 149 g/mol. The lowest BCUT2D eigenvalue weighted by Gasteiger charge is -2.16. The average Bonchev–Trinajstić information content (AvgIpc) is 2.01. The maximum Gasteiger partial charge on any atom is 0.0226 e. The van der Waals surface area contributed by atoms with Gasteiger partial charge in [-0.25, -0.2) is 0 Å². The molecular formula is C10H15N. The van der Waals surface area contributed by atoms with E-state index in [0.29, 0.717) is 0 Å². The summed E-state index contributed by atoms with van der Waals surface area (Å²) in [4.78, 5) is 0. The van der Waals surface area contributed by atoms with Crippen LogP contribution in [-0.4, -0.2) is 6.04 Å². The Morgan fingerprint density at radius 1 is 1.73 bits per heavy atom. The minimum absolute atomic E-state index is 0.288. The van der Waals surface area contributed by atoms with E-state index < -0.39 is 0 Å². The van der Waals surface area contributed by atoms with Crippen molar-refractivity contribution in [1.29, 1.82) is 0 Å². The van der Waals surface area contributed by atoms with E-state index in [2.05, 4.69) is 12.0 Å². The van der Waals surface area contributed by atoms with Gasteiger partial charge < -0.3 is 5.73 Å². The van der Waals surface area contributed by atoms with Crippen molar-refractivity contribution in [3.63, 3.8) is 0 Å². The summed E-state index contributed by atoms with van der Waals surface area (Å²) in [6, 6.07) is 0.288. The first-order valence-corrected chi connectivity index (χ1v) is 4.21. The van der Waals surface area contributed by atoms with E-state index in [9.17, 15) is 0 Å². The van der Waals surface area contributed by atoms with E-state index in [0.717, 1.165) is 19.3 Å². The molecule has 0 aromatic heterocycles. The minimum atomic E-state index is 0.288. The molecule has 1 heteroatoms. The first-order valence-electron chi connectivity index (χ1n) is 4.21. The van der Waals surface area contributed by atoms with Gasteiger partial charge in [0.05, 0.1) is 0 Å². The number of hydrogen-bond donors (Lipinski definition) is 1. The van der Waals surface area contributed by atoms with Gasteiger partial charge in [0, 0.05) is 12.5 Å². The molecule has 0 spiro atoms. The van der Waals surface area contributed by atoms with E-state index >= 15 is 0 Å². The Morgan fingerprint density at radius 3 is 3.18 bits per heavy atom. The summed E-state index contributed by atoms with van der Waals surface area (Å²) in [6.45, 7) is 0. The molecule has 0 aromatic carbocycles. The summed E-state index contributed by atoms with van der Waals surface area (Å²) < 4.78 is 0. The van der Waals surface area contributed by atoms with Crippen molar-refractivity contribution in [3.05, 3.63) is 11.6 Å². The van der Waals surface area contributed by atoms with E-state index in [-0.39, 0.29) is 6.04 Å². The summed E-state index contributed by atoms with van der Waals surface area (Å²) in [5.74, 6) is 2.65. The Hall–Kier alpha value is -0.740. The van der Waals surface area contributed by atoms with Crippen molar-refractivity contribution in [3.8, 4) is 12.3 Å². The van der Waals surface area contributed by atoms with Gasteiger partial charge in [-0.1, -0.05) is 11.6 Å². The average molecular weight is 149 g/mol. The third-order valence-corrected chi connectivity index (χ3v) is 2.08. The van der Waals surface area contributed by atoms with Gasteiger partial charge in [-0.3, -0.25) is 0 Å². The zero-order chi connectivity index (χ0) is 8.10. The van der Waals surface area contributed by atoms with Crippen LogP contribution in [0.15, 0.2) is 11.6 Å². The van der Waals surface area contributed by atoms with E-state index in [4.69, 9.17) is 12.2 Å². The molecule has 0 fully saturated rings. The number of hydrogen-bond acceptors (Lipinski definition) is 1. The minimum Gasteiger partial charge on any atom is -0.324 e. The third-order valence-electron chi connectivity index (χ3n) is 2.08. The molecule has 0 radical (unpaired) electrons. The SMILES string of the molecule is C#CCCC1=CC(N)CCC1. The molecule has 0 saturated heterocycles. The molecule has 1 nitrogen and oxygen atoms in total. The highest BCUT2D eigenvalue weighted by atomic mass is 14.6. The Kier molecular flexibility index (Phi) is 3.19. The highest BCUT2D eigenvalue weighted by Crippen LogP contribution is 2.20. The van der Waals surface area contributed by atoms with Crippen molar-refractivity contribution in [2.75, 3.05) is 0 Å². The van der Waals surface area contributed by atoms with Crippen LogP contribution in [0.2, 0.25) is 0 Å². The van der Waals surface area contributed by atoms with Gasteiger partial charge in [0.2, 0.25) is 0 Å². The topological polar surface area (TPSA) is 26.0 Å². The van der Waals surface area contributed by atoms with Gasteiger partial charge in [0.25, 0.3) is 0 Å². The molecule has 1 atom stereocenters. The zero-order valence-corrected chi connectivity index (χ0v) is 6.84. The lowest BCUT2D eigenvalue weighted by molar-refractivity contribution is 0.611. The van der Waals surface area contributed by atoms with Crippen LogP contribution in [0, 0.1) is 12.3 Å². The van der Waals surface area contributed by atoms with Gasteiger partial charge in [-0.15, -0.1) is 12.3 Å². The second-order valence-electron chi connectivity index (χ2n) is 3.09. The molecule has 2 N–H and O–H groups in total. The van der Waals surface area contributed by atoms with E-state index in [1.54, 1.807) is 0 Å². The van der Waals surface area contributed by atoms with Crippen LogP contribution >= 0.6 is 0 Å². The van der Waals surface area contributed by atoms with Crippen LogP contribution < -0.4 is 5.73 Å². The predicted octanol–water partition coefficient (Wildman–Crippen LogP) is 1.84. The molecular weight excluding hydrogens is 134 g/mol. The van der Waals surface area contributed by atoms with Crippen molar-refractivity contribution >= 4 is 0 Å². The maximum atomic E-state index is 5.77. The van der Waals surface area contributed by atoms with Gasteiger partial charge in [0.15, 0.2) is 0 Å². The highest BCUT2D eigenvalue weighted by Gasteiger charge is 2.08. The molecule has 0 heterocycles. The van der Waals surface area contributed by atoms with Crippen LogP contribution in [0.5, 0.6) is 0 Å². The molecule has 1 rings (SSSR count). The fourth-order valence-electron chi connectivity index (χ4n) is 1.48. The molecule has 11 heavy (non-hydrogen) atoms. The van der Waals surface area contributed by atoms with Crippen LogP contribution in [0.3, 0.4) is 0 Å². The summed E-state index contributed by atoms with van der Waals surface area (Å²) in [7, 11) is 0.